The van der Waals surface area contributed by atoms with E-state index in [1.165, 1.54) is 36.2 Å². The lowest BCUT2D eigenvalue weighted by molar-refractivity contribution is -0.146. The van der Waals surface area contributed by atoms with Gasteiger partial charge in [0, 0.05) is 34.5 Å². The van der Waals surface area contributed by atoms with Crippen molar-refractivity contribution in [1.29, 1.82) is 0 Å². The van der Waals surface area contributed by atoms with E-state index in [9.17, 15) is 14.3 Å². The van der Waals surface area contributed by atoms with Crippen molar-refractivity contribution in [1.82, 2.24) is 15.0 Å². The number of aromatic amines is 2. The smallest absolute Gasteiger partial charge is 0.309 e. The fourth-order valence-electron chi connectivity index (χ4n) is 5.72. The van der Waals surface area contributed by atoms with Crippen LogP contribution in [0, 0.1) is 22.9 Å². The molecule has 0 radical (unpaired) electrons. The predicted octanol–water partition coefficient (Wildman–Crippen LogP) is 8.23. The largest absolute Gasteiger partial charge is 0.493 e. The van der Waals surface area contributed by atoms with Crippen LogP contribution in [0.5, 0.6) is 17.2 Å². The molecule has 228 valence electrons. The molecule has 44 heavy (non-hydrogen) atoms. The predicted molar refractivity (Wildman–Crippen MR) is 162 cm³/mol. The Hall–Kier alpha value is -4.38. The minimum absolute atomic E-state index is 0.0445. The highest BCUT2D eigenvalue weighted by Crippen LogP contribution is 2.46. The van der Waals surface area contributed by atoms with Gasteiger partial charge in [0.2, 0.25) is 5.82 Å². The highest BCUT2D eigenvalue weighted by atomic mass is 32.2. The summed E-state index contributed by atoms with van der Waals surface area (Å²) >= 11 is 1.21. The van der Waals surface area contributed by atoms with Crippen molar-refractivity contribution in [2.45, 2.75) is 43.9 Å². The number of fused-ring (bicyclic) bond motifs is 2. The van der Waals surface area contributed by atoms with Crippen LogP contribution >= 0.6 is 11.8 Å². The molecule has 11 heteroatoms. The maximum Gasteiger partial charge on any atom is 0.309 e. The molecule has 0 saturated heterocycles. The van der Waals surface area contributed by atoms with Gasteiger partial charge in [-0.05, 0) is 69.7 Å². The summed E-state index contributed by atoms with van der Waals surface area (Å²) in [4.78, 5) is 22.7. The fourth-order valence-corrected chi connectivity index (χ4v) is 6.43. The molecule has 1 aliphatic heterocycles. The molecule has 0 spiro atoms. The summed E-state index contributed by atoms with van der Waals surface area (Å²) in [5, 5.41) is 10.2. The lowest BCUT2D eigenvalue weighted by Crippen LogP contribution is -2.33. The molecule has 0 saturated carbocycles. The Morgan fingerprint density at radius 3 is 2.73 bits per heavy atom. The van der Waals surface area contributed by atoms with Crippen LogP contribution in [-0.2, 0) is 16.6 Å². The number of carboxylic acid groups (broad SMARTS) is 1. The van der Waals surface area contributed by atoms with Gasteiger partial charge in [0.15, 0.2) is 11.6 Å². The summed E-state index contributed by atoms with van der Waals surface area (Å²) in [5.74, 6) is -2.98. The van der Waals surface area contributed by atoms with Crippen molar-refractivity contribution < 1.29 is 32.5 Å². The number of thioether (sulfide) groups is 1. The molecule has 1 aliphatic rings. The van der Waals surface area contributed by atoms with E-state index in [-0.39, 0.29) is 34.8 Å². The number of carboxylic acids is 1. The molecule has 0 bridgehead atoms. The van der Waals surface area contributed by atoms with E-state index in [1.54, 1.807) is 32.4 Å². The van der Waals surface area contributed by atoms with Crippen molar-refractivity contribution in [2.75, 3.05) is 12.9 Å². The number of para-hydroxylation sites is 1. The number of rotatable bonds is 8. The second-order valence-corrected chi connectivity index (χ2v) is 12.6. The quantitative estimate of drug-likeness (QED) is 0.151. The maximum absolute atomic E-state index is 15.2. The van der Waals surface area contributed by atoms with Gasteiger partial charge in [-0.1, -0.05) is 18.2 Å². The molecular formula is C33H30F3N3O4S. The third-order valence-corrected chi connectivity index (χ3v) is 9.16. The number of imidazole rings is 1. The van der Waals surface area contributed by atoms with E-state index < -0.39 is 34.3 Å². The Morgan fingerprint density at radius 1 is 1.18 bits per heavy atom. The summed E-state index contributed by atoms with van der Waals surface area (Å²) in [6.07, 6.45) is 5.79. The van der Waals surface area contributed by atoms with E-state index in [2.05, 4.69) is 15.0 Å². The first-order valence-electron chi connectivity index (χ1n) is 14.0. The Balaban J connectivity index is 1.35. The van der Waals surface area contributed by atoms with Crippen LogP contribution in [0.3, 0.4) is 0 Å². The first kappa shape index (κ1) is 29.7. The second kappa shape index (κ2) is 11.0. The Bertz CT molecular complexity index is 1920. The molecule has 5 aromatic rings. The molecule has 7 nitrogen and oxygen atoms in total. The zero-order valence-electron chi connectivity index (χ0n) is 24.5. The minimum atomic E-state index is -1.15. The van der Waals surface area contributed by atoms with Crippen LogP contribution in [0.1, 0.15) is 44.0 Å². The minimum Gasteiger partial charge on any atom is -0.493 e. The number of aliphatic carboxylic acids is 1. The summed E-state index contributed by atoms with van der Waals surface area (Å²) in [6.45, 7) is 5.78. The van der Waals surface area contributed by atoms with Gasteiger partial charge >= 0.3 is 5.97 Å². The molecular weight excluding hydrogens is 591 g/mol. The summed E-state index contributed by atoms with van der Waals surface area (Å²) in [7, 11) is 0. The van der Waals surface area contributed by atoms with Crippen molar-refractivity contribution in [3.05, 3.63) is 89.1 Å². The number of nitrogens with one attached hydrogen (secondary N) is 2. The normalized spacial score (nSPS) is 16.5. The number of H-pyrrole nitrogens is 2. The van der Waals surface area contributed by atoms with E-state index in [0.717, 1.165) is 11.1 Å². The number of hydrogen-bond donors (Lipinski definition) is 3. The number of benzene rings is 3. The third kappa shape index (κ3) is 4.89. The maximum atomic E-state index is 15.2. The fraction of sp³-hybridized carbons (Fsp3) is 0.273. The van der Waals surface area contributed by atoms with E-state index in [4.69, 9.17) is 9.47 Å². The number of ether oxygens (including phenoxy) is 2. The van der Waals surface area contributed by atoms with Crippen LogP contribution in [-0.4, -0.2) is 38.9 Å². The van der Waals surface area contributed by atoms with Gasteiger partial charge in [-0.3, -0.25) is 4.79 Å². The monoisotopic (exact) mass is 621 g/mol. The zero-order chi connectivity index (χ0) is 31.4. The lowest BCUT2D eigenvalue weighted by atomic mass is 9.73. The lowest BCUT2D eigenvalue weighted by Gasteiger charge is -2.36. The average Bonchev–Trinajstić information content (AvgIpc) is 3.69. The zero-order valence-corrected chi connectivity index (χ0v) is 25.3. The second-order valence-electron chi connectivity index (χ2n) is 11.7. The molecule has 2 aromatic heterocycles. The van der Waals surface area contributed by atoms with Gasteiger partial charge in [-0.25, -0.2) is 13.8 Å². The summed E-state index contributed by atoms with van der Waals surface area (Å²) < 4.78 is 57.0. The molecule has 0 fully saturated rings. The topological polar surface area (TPSA) is 100 Å². The standard InChI is InChI=1S/C33H30F3N3O4S/c1-32(2,31(40)41)15-17-6-5-7-21-27(17)42-13-11-33(21,3)23-16-38-30(39-23)20-14-18(8-9-22(20)34)43-28-25(36)24(35)26-19(10-12-37-26)29(28)44-4/h5-10,12,14,16,37H,11,13,15H2,1-4H3,(H,38,39)(H,40,41). The van der Waals surface area contributed by atoms with Crippen LogP contribution in [0.4, 0.5) is 13.2 Å². The number of nitrogens with zero attached hydrogens (tertiary/aromatic N) is 1. The van der Waals surface area contributed by atoms with Crippen LogP contribution in [0.2, 0.25) is 0 Å². The van der Waals surface area contributed by atoms with Gasteiger partial charge in [0.05, 0.1) is 28.0 Å². The molecule has 3 heterocycles. The third-order valence-electron chi connectivity index (χ3n) is 8.35. The van der Waals surface area contributed by atoms with Gasteiger partial charge in [-0.2, -0.15) is 4.39 Å². The van der Waals surface area contributed by atoms with Gasteiger partial charge in [-0.15, -0.1) is 11.8 Å². The summed E-state index contributed by atoms with van der Waals surface area (Å²) in [6, 6.07) is 11.3. The number of carbonyl (C=O) groups is 1. The van der Waals surface area contributed by atoms with Crippen LogP contribution in [0.25, 0.3) is 22.3 Å². The van der Waals surface area contributed by atoms with Crippen molar-refractivity contribution >= 4 is 28.6 Å². The van der Waals surface area contributed by atoms with E-state index >= 15 is 8.78 Å². The molecule has 1 unspecified atom stereocenters. The van der Waals surface area contributed by atoms with Crippen LogP contribution in [0.15, 0.2) is 59.8 Å². The molecule has 1 atom stereocenters. The number of halogens is 3. The Morgan fingerprint density at radius 2 is 1.98 bits per heavy atom. The first-order valence-corrected chi connectivity index (χ1v) is 15.2. The SMILES string of the molecule is CSc1c(Oc2ccc(F)c(-c3ncc(C4(C)CCOc5c(CC(C)(C)C(=O)O)cccc54)[nH]3)c2)c(F)c(F)c2[nH]ccc12. The molecule has 3 aromatic carbocycles. The molecule has 0 amide bonds. The van der Waals surface area contributed by atoms with Crippen molar-refractivity contribution in [2.24, 2.45) is 5.41 Å². The van der Waals surface area contributed by atoms with Gasteiger partial charge < -0.3 is 24.5 Å². The van der Waals surface area contributed by atoms with Crippen molar-refractivity contribution in [3.8, 4) is 28.6 Å². The van der Waals surface area contributed by atoms with E-state index in [0.29, 0.717) is 34.8 Å². The van der Waals surface area contributed by atoms with Crippen LogP contribution < -0.4 is 9.47 Å². The van der Waals surface area contributed by atoms with E-state index in [1.807, 2.05) is 25.1 Å². The Labute approximate surface area is 255 Å². The van der Waals surface area contributed by atoms with Gasteiger partial charge in [0.1, 0.15) is 23.1 Å². The highest BCUT2D eigenvalue weighted by molar-refractivity contribution is 7.99. The Kier molecular flexibility index (Phi) is 7.39. The summed E-state index contributed by atoms with van der Waals surface area (Å²) in [5.41, 5.74) is 0.940. The molecule has 3 N–H and O–H groups in total. The number of aromatic nitrogens is 3. The van der Waals surface area contributed by atoms with Crippen molar-refractivity contribution in [3.63, 3.8) is 0 Å². The molecule has 0 aliphatic carbocycles. The first-order chi connectivity index (χ1) is 20.9. The number of hydrogen-bond acceptors (Lipinski definition) is 5. The highest BCUT2D eigenvalue weighted by Gasteiger charge is 2.39. The average molecular weight is 622 g/mol. The molecule has 6 rings (SSSR count). The van der Waals surface area contributed by atoms with Gasteiger partial charge in [0.25, 0.3) is 0 Å².